The van der Waals surface area contributed by atoms with Crippen LogP contribution in [0.1, 0.15) is 15.9 Å². The third kappa shape index (κ3) is 3.60. The van der Waals surface area contributed by atoms with Gasteiger partial charge in [0.2, 0.25) is 0 Å². The molecule has 0 saturated heterocycles. The second kappa shape index (κ2) is 6.24. The third-order valence-corrected chi connectivity index (χ3v) is 3.80. The molecule has 3 N–H and O–H groups in total. The van der Waals surface area contributed by atoms with Gasteiger partial charge in [-0.3, -0.25) is 4.79 Å². The summed E-state index contributed by atoms with van der Waals surface area (Å²) >= 11 is 11.8. The number of amides is 1. The van der Waals surface area contributed by atoms with E-state index >= 15 is 0 Å². The number of hydrogen-bond donors (Lipinski definition) is 2. The highest BCUT2D eigenvalue weighted by atomic mass is 35.5. The molecule has 1 amide bonds. The molecular weight excluding hydrogens is 311 g/mol. The van der Waals surface area contributed by atoms with Crippen molar-refractivity contribution in [1.82, 2.24) is 4.90 Å². The van der Waals surface area contributed by atoms with E-state index in [-0.39, 0.29) is 27.4 Å². The van der Waals surface area contributed by atoms with Crippen molar-refractivity contribution >= 4 is 34.8 Å². The van der Waals surface area contributed by atoms with Gasteiger partial charge in [-0.15, -0.1) is 0 Å². The Balaban J connectivity index is 2.20. The van der Waals surface area contributed by atoms with Crippen LogP contribution >= 0.6 is 23.2 Å². The van der Waals surface area contributed by atoms with E-state index in [0.717, 1.165) is 5.56 Å². The molecule has 0 spiro atoms. The second-order valence-corrected chi connectivity index (χ2v) is 5.48. The lowest BCUT2D eigenvalue weighted by atomic mass is 10.1. The molecule has 0 bridgehead atoms. The highest BCUT2D eigenvalue weighted by molar-refractivity contribution is 6.43. The van der Waals surface area contributed by atoms with E-state index in [1.54, 1.807) is 25.2 Å². The Morgan fingerprint density at radius 1 is 1.29 bits per heavy atom. The fourth-order valence-corrected chi connectivity index (χ4v) is 2.29. The summed E-state index contributed by atoms with van der Waals surface area (Å²) in [6.07, 6.45) is 0. The average molecular weight is 325 g/mol. The van der Waals surface area contributed by atoms with Crippen LogP contribution in [0.4, 0.5) is 5.69 Å². The quantitative estimate of drug-likeness (QED) is 0.848. The van der Waals surface area contributed by atoms with E-state index in [9.17, 15) is 9.90 Å². The number of nitrogen functional groups attached to an aromatic ring is 1. The van der Waals surface area contributed by atoms with Crippen LogP contribution in [0, 0.1) is 0 Å². The molecule has 21 heavy (non-hydrogen) atoms. The van der Waals surface area contributed by atoms with E-state index in [1.165, 1.54) is 17.0 Å². The zero-order valence-corrected chi connectivity index (χ0v) is 12.8. The Hall–Kier alpha value is -1.91. The van der Waals surface area contributed by atoms with Gasteiger partial charge >= 0.3 is 0 Å². The third-order valence-electron chi connectivity index (χ3n) is 2.98. The van der Waals surface area contributed by atoms with Gasteiger partial charge in [-0.05, 0) is 29.8 Å². The maximum absolute atomic E-state index is 12.4. The fraction of sp³-hybridized carbons (Fsp3) is 0.133. The molecule has 0 fully saturated rings. The molecule has 2 aromatic rings. The predicted octanol–water partition coefficient (Wildman–Crippen LogP) is 3.55. The highest BCUT2D eigenvalue weighted by Crippen LogP contribution is 2.29. The first-order valence-corrected chi connectivity index (χ1v) is 6.92. The molecule has 0 heterocycles. The van der Waals surface area contributed by atoms with Crippen LogP contribution in [0.3, 0.4) is 0 Å². The van der Waals surface area contributed by atoms with Crippen LogP contribution < -0.4 is 5.73 Å². The van der Waals surface area contributed by atoms with E-state index in [2.05, 4.69) is 0 Å². The molecular formula is C15H14Cl2N2O2. The van der Waals surface area contributed by atoms with Gasteiger partial charge in [-0.1, -0.05) is 35.3 Å². The standard InChI is InChI=1S/C15H14Cl2N2O2/c1-19(8-9-3-2-4-11(20)5-9)15(21)10-6-12(16)14(17)13(18)7-10/h2-7,20H,8,18H2,1H3. The number of nitrogens with zero attached hydrogens (tertiary/aromatic N) is 1. The van der Waals surface area contributed by atoms with Crippen LogP contribution in [0.2, 0.25) is 10.0 Å². The van der Waals surface area contributed by atoms with Crippen molar-refractivity contribution in [3.05, 3.63) is 57.6 Å². The van der Waals surface area contributed by atoms with Crippen molar-refractivity contribution in [2.24, 2.45) is 0 Å². The summed E-state index contributed by atoms with van der Waals surface area (Å²) in [6.45, 7) is 0.355. The summed E-state index contributed by atoms with van der Waals surface area (Å²) in [5.41, 5.74) is 7.16. The molecule has 2 rings (SSSR count). The number of nitrogens with two attached hydrogens (primary N) is 1. The SMILES string of the molecule is CN(Cc1cccc(O)c1)C(=O)c1cc(N)c(Cl)c(Cl)c1. The van der Waals surface area contributed by atoms with Crippen LogP contribution in [0.15, 0.2) is 36.4 Å². The van der Waals surface area contributed by atoms with Crippen LogP contribution in [-0.4, -0.2) is 23.0 Å². The molecule has 2 aromatic carbocycles. The number of phenolic OH excluding ortho intramolecular Hbond substituents is 1. The number of rotatable bonds is 3. The Bertz CT molecular complexity index is 666. The largest absolute Gasteiger partial charge is 0.508 e. The number of hydrogen-bond acceptors (Lipinski definition) is 3. The molecule has 0 atom stereocenters. The maximum Gasteiger partial charge on any atom is 0.254 e. The summed E-state index contributed by atoms with van der Waals surface area (Å²) in [5.74, 6) is -0.0734. The van der Waals surface area contributed by atoms with E-state index < -0.39 is 0 Å². The Morgan fingerprint density at radius 3 is 2.62 bits per heavy atom. The van der Waals surface area contributed by atoms with Gasteiger partial charge in [0.25, 0.3) is 5.91 Å². The molecule has 0 aromatic heterocycles. The van der Waals surface area contributed by atoms with Crippen LogP contribution in [0.25, 0.3) is 0 Å². The van der Waals surface area contributed by atoms with Gasteiger partial charge in [-0.2, -0.15) is 0 Å². The summed E-state index contributed by atoms with van der Waals surface area (Å²) in [7, 11) is 1.66. The lowest BCUT2D eigenvalue weighted by Gasteiger charge is -2.18. The molecule has 0 aliphatic heterocycles. The van der Waals surface area contributed by atoms with Crippen molar-refractivity contribution in [3.63, 3.8) is 0 Å². The van der Waals surface area contributed by atoms with Crippen molar-refractivity contribution in [1.29, 1.82) is 0 Å². The van der Waals surface area contributed by atoms with Crippen molar-refractivity contribution in [2.75, 3.05) is 12.8 Å². The van der Waals surface area contributed by atoms with Crippen molar-refractivity contribution < 1.29 is 9.90 Å². The van der Waals surface area contributed by atoms with Crippen LogP contribution in [0.5, 0.6) is 5.75 Å². The Labute approximate surface area is 132 Å². The van der Waals surface area contributed by atoms with Crippen molar-refractivity contribution in [3.8, 4) is 5.75 Å². The van der Waals surface area contributed by atoms with Gasteiger partial charge in [0.1, 0.15) is 5.75 Å². The lowest BCUT2D eigenvalue weighted by Crippen LogP contribution is -2.26. The van der Waals surface area contributed by atoms with Gasteiger partial charge in [-0.25, -0.2) is 0 Å². The first kappa shape index (κ1) is 15.5. The highest BCUT2D eigenvalue weighted by Gasteiger charge is 2.15. The first-order valence-electron chi connectivity index (χ1n) is 6.16. The van der Waals surface area contributed by atoms with E-state index in [0.29, 0.717) is 12.1 Å². The van der Waals surface area contributed by atoms with Gasteiger partial charge in [0.05, 0.1) is 15.7 Å². The molecule has 4 nitrogen and oxygen atoms in total. The zero-order chi connectivity index (χ0) is 15.6. The predicted molar refractivity (Wildman–Crippen MR) is 84.8 cm³/mol. The molecule has 0 unspecified atom stereocenters. The monoisotopic (exact) mass is 324 g/mol. The van der Waals surface area contributed by atoms with Crippen LogP contribution in [-0.2, 0) is 6.54 Å². The summed E-state index contributed by atoms with van der Waals surface area (Å²) in [5, 5.41) is 9.91. The number of halogens is 2. The van der Waals surface area contributed by atoms with Gasteiger partial charge in [0, 0.05) is 19.2 Å². The first-order chi connectivity index (χ1) is 9.88. The molecule has 0 aliphatic rings. The summed E-state index contributed by atoms with van der Waals surface area (Å²) < 4.78 is 0. The maximum atomic E-state index is 12.4. The zero-order valence-electron chi connectivity index (χ0n) is 11.3. The Kier molecular flexibility index (Phi) is 4.60. The lowest BCUT2D eigenvalue weighted by molar-refractivity contribution is 0.0785. The number of aromatic hydroxyl groups is 1. The normalized spacial score (nSPS) is 10.4. The number of phenols is 1. The van der Waals surface area contributed by atoms with Crippen molar-refractivity contribution in [2.45, 2.75) is 6.54 Å². The molecule has 0 saturated carbocycles. The van der Waals surface area contributed by atoms with E-state index in [4.69, 9.17) is 28.9 Å². The van der Waals surface area contributed by atoms with Gasteiger partial charge < -0.3 is 15.7 Å². The molecule has 0 radical (unpaired) electrons. The number of carbonyl (C=O) groups excluding carboxylic acids is 1. The average Bonchev–Trinajstić information content (AvgIpc) is 2.43. The summed E-state index contributed by atoms with van der Waals surface area (Å²) in [4.78, 5) is 13.9. The fourth-order valence-electron chi connectivity index (χ4n) is 1.95. The minimum Gasteiger partial charge on any atom is -0.508 e. The summed E-state index contributed by atoms with van der Waals surface area (Å²) in [6, 6.07) is 9.71. The topological polar surface area (TPSA) is 66.6 Å². The number of carbonyl (C=O) groups is 1. The molecule has 110 valence electrons. The number of benzene rings is 2. The minimum atomic E-state index is -0.233. The second-order valence-electron chi connectivity index (χ2n) is 4.69. The minimum absolute atomic E-state index is 0.159. The van der Waals surface area contributed by atoms with E-state index in [1.807, 2.05) is 6.07 Å². The van der Waals surface area contributed by atoms with Gasteiger partial charge in [0.15, 0.2) is 0 Å². The molecule has 0 aliphatic carbocycles. The smallest absolute Gasteiger partial charge is 0.254 e. The Morgan fingerprint density at radius 2 is 2.00 bits per heavy atom. The molecule has 6 heteroatoms. The number of anilines is 1.